The number of rotatable bonds is 5. The molecule has 0 aliphatic heterocycles. The minimum Gasteiger partial charge on any atom is -0.368 e. The minimum atomic E-state index is -0.412. The lowest BCUT2D eigenvalue weighted by atomic mass is 9.97. The predicted octanol–water partition coefficient (Wildman–Crippen LogP) is 2.05. The standard InChI is InChI=1S/C13H24N2OS/c1-2-15-13(12(14)16)8-7-11(9-13)17-10-5-3-4-6-10/h10-11,15H,2-9H2,1H3,(H2,14,16). The monoisotopic (exact) mass is 256 g/mol. The molecule has 2 saturated carbocycles. The number of hydrogen-bond donors (Lipinski definition) is 2. The zero-order valence-electron chi connectivity index (χ0n) is 10.7. The Morgan fingerprint density at radius 3 is 2.65 bits per heavy atom. The molecule has 2 aliphatic rings. The van der Waals surface area contributed by atoms with Gasteiger partial charge in [-0.1, -0.05) is 19.8 Å². The molecule has 0 aromatic carbocycles. The fraction of sp³-hybridized carbons (Fsp3) is 0.923. The van der Waals surface area contributed by atoms with Crippen LogP contribution in [0.1, 0.15) is 51.9 Å². The molecule has 0 heterocycles. The van der Waals surface area contributed by atoms with Gasteiger partial charge >= 0.3 is 0 Å². The van der Waals surface area contributed by atoms with Gasteiger partial charge in [0.1, 0.15) is 0 Å². The molecule has 1 amide bonds. The first-order valence-corrected chi connectivity index (χ1v) is 7.81. The number of amides is 1. The van der Waals surface area contributed by atoms with Gasteiger partial charge in [-0.2, -0.15) is 11.8 Å². The van der Waals surface area contributed by atoms with E-state index in [1.165, 1.54) is 25.7 Å². The summed E-state index contributed by atoms with van der Waals surface area (Å²) in [4.78, 5) is 11.6. The zero-order chi connectivity index (χ0) is 12.3. The second-order valence-electron chi connectivity index (χ2n) is 5.38. The van der Waals surface area contributed by atoms with E-state index >= 15 is 0 Å². The third kappa shape index (κ3) is 2.97. The molecule has 0 saturated heterocycles. The fourth-order valence-corrected chi connectivity index (χ4v) is 5.01. The molecule has 4 heteroatoms. The molecule has 2 atom stereocenters. The van der Waals surface area contributed by atoms with Crippen LogP contribution < -0.4 is 11.1 Å². The quantitative estimate of drug-likeness (QED) is 0.791. The number of likely N-dealkylation sites (N-methyl/N-ethyl adjacent to an activating group) is 1. The average molecular weight is 256 g/mol. The summed E-state index contributed by atoms with van der Waals surface area (Å²) in [5, 5.41) is 4.79. The van der Waals surface area contributed by atoms with Crippen LogP contribution in [-0.4, -0.2) is 28.5 Å². The Morgan fingerprint density at radius 2 is 2.06 bits per heavy atom. The van der Waals surface area contributed by atoms with E-state index in [4.69, 9.17) is 5.73 Å². The lowest BCUT2D eigenvalue weighted by molar-refractivity contribution is -0.124. The van der Waals surface area contributed by atoms with E-state index in [1.807, 2.05) is 6.92 Å². The van der Waals surface area contributed by atoms with Crippen molar-refractivity contribution in [3.8, 4) is 0 Å². The van der Waals surface area contributed by atoms with Gasteiger partial charge in [-0.05, 0) is 38.6 Å². The molecule has 0 radical (unpaired) electrons. The molecule has 17 heavy (non-hydrogen) atoms. The van der Waals surface area contributed by atoms with Crippen molar-refractivity contribution in [1.29, 1.82) is 0 Å². The lowest BCUT2D eigenvalue weighted by Crippen LogP contribution is -2.53. The van der Waals surface area contributed by atoms with Gasteiger partial charge in [-0.15, -0.1) is 0 Å². The van der Waals surface area contributed by atoms with Crippen LogP contribution in [0.15, 0.2) is 0 Å². The highest BCUT2D eigenvalue weighted by Gasteiger charge is 2.44. The number of thioether (sulfide) groups is 1. The van der Waals surface area contributed by atoms with E-state index in [2.05, 4.69) is 17.1 Å². The number of carbonyl (C=O) groups is 1. The van der Waals surface area contributed by atoms with Crippen LogP contribution in [0, 0.1) is 0 Å². The van der Waals surface area contributed by atoms with Gasteiger partial charge in [0.25, 0.3) is 0 Å². The third-order valence-corrected chi connectivity index (χ3v) is 5.79. The normalized spacial score (nSPS) is 34.3. The van der Waals surface area contributed by atoms with Crippen molar-refractivity contribution in [2.45, 2.75) is 67.9 Å². The second kappa shape index (κ2) is 5.61. The van der Waals surface area contributed by atoms with Gasteiger partial charge in [-0.25, -0.2) is 0 Å². The minimum absolute atomic E-state index is 0.158. The maximum atomic E-state index is 11.6. The summed E-state index contributed by atoms with van der Waals surface area (Å²) in [6, 6.07) is 0. The highest BCUT2D eigenvalue weighted by molar-refractivity contribution is 8.00. The maximum absolute atomic E-state index is 11.6. The van der Waals surface area contributed by atoms with E-state index in [1.54, 1.807) is 0 Å². The van der Waals surface area contributed by atoms with Crippen molar-refractivity contribution in [2.24, 2.45) is 5.73 Å². The molecule has 98 valence electrons. The molecule has 0 bridgehead atoms. The van der Waals surface area contributed by atoms with Crippen molar-refractivity contribution in [1.82, 2.24) is 5.32 Å². The highest BCUT2D eigenvalue weighted by Crippen LogP contribution is 2.42. The van der Waals surface area contributed by atoms with Crippen LogP contribution in [0.5, 0.6) is 0 Å². The van der Waals surface area contributed by atoms with E-state index in [9.17, 15) is 4.79 Å². The fourth-order valence-electron chi connectivity index (χ4n) is 3.22. The van der Waals surface area contributed by atoms with Gasteiger partial charge in [0.2, 0.25) is 5.91 Å². The van der Waals surface area contributed by atoms with Crippen LogP contribution in [0.2, 0.25) is 0 Å². The Hall–Kier alpha value is -0.220. The van der Waals surface area contributed by atoms with Crippen molar-refractivity contribution >= 4 is 17.7 Å². The number of primary amides is 1. The molecular weight excluding hydrogens is 232 g/mol. The van der Waals surface area contributed by atoms with Crippen molar-refractivity contribution in [3.05, 3.63) is 0 Å². The first-order chi connectivity index (χ1) is 8.16. The van der Waals surface area contributed by atoms with E-state index in [0.29, 0.717) is 5.25 Å². The van der Waals surface area contributed by atoms with Gasteiger partial charge in [0.05, 0.1) is 5.54 Å². The molecule has 2 aliphatic carbocycles. The van der Waals surface area contributed by atoms with E-state index in [0.717, 1.165) is 31.1 Å². The lowest BCUT2D eigenvalue weighted by Gasteiger charge is -2.27. The van der Waals surface area contributed by atoms with Gasteiger partial charge in [0.15, 0.2) is 0 Å². The highest BCUT2D eigenvalue weighted by atomic mass is 32.2. The van der Waals surface area contributed by atoms with Crippen LogP contribution in [-0.2, 0) is 4.79 Å². The van der Waals surface area contributed by atoms with Crippen molar-refractivity contribution < 1.29 is 4.79 Å². The number of carbonyl (C=O) groups excluding carboxylic acids is 1. The number of hydrogen-bond acceptors (Lipinski definition) is 3. The SMILES string of the molecule is CCNC1(C(N)=O)CCC(SC2CCCC2)C1. The van der Waals surface area contributed by atoms with Crippen LogP contribution in [0.3, 0.4) is 0 Å². The summed E-state index contributed by atoms with van der Waals surface area (Å²) in [5.74, 6) is -0.158. The Kier molecular flexibility index (Phi) is 4.36. The summed E-state index contributed by atoms with van der Waals surface area (Å²) in [5.41, 5.74) is 5.17. The summed E-state index contributed by atoms with van der Waals surface area (Å²) >= 11 is 2.11. The topological polar surface area (TPSA) is 55.1 Å². The Labute approximate surface area is 108 Å². The summed E-state index contributed by atoms with van der Waals surface area (Å²) in [7, 11) is 0. The van der Waals surface area contributed by atoms with Gasteiger partial charge < -0.3 is 11.1 Å². The van der Waals surface area contributed by atoms with Gasteiger partial charge in [-0.3, -0.25) is 4.79 Å². The molecular formula is C13H24N2OS. The van der Waals surface area contributed by atoms with Crippen molar-refractivity contribution in [2.75, 3.05) is 6.54 Å². The van der Waals surface area contributed by atoms with E-state index < -0.39 is 5.54 Å². The predicted molar refractivity (Wildman–Crippen MR) is 73.1 cm³/mol. The van der Waals surface area contributed by atoms with Crippen LogP contribution >= 0.6 is 11.8 Å². The third-order valence-electron chi connectivity index (χ3n) is 4.14. The molecule has 0 aromatic heterocycles. The molecule has 3 nitrogen and oxygen atoms in total. The molecule has 3 N–H and O–H groups in total. The first-order valence-electron chi connectivity index (χ1n) is 6.86. The number of nitrogens with one attached hydrogen (secondary N) is 1. The second-order valence-corrected chi connectivity index (χ2v) is 6.99. The smallest absolute Gasteiger partial charge is 0.237 e. The largest absolute Gasteiger partial charge is 0.368 e. The summed E-state index contributed by atoms with van der Waals surface area (Å²) in [6.45, 7) is 2.87. The number of nitrogens with two attached hydrogens (primary N) is 1. The van der Waals surface area contributed by atoms with Crippen molar-refractivity contribution in [3.63, 3.8) is 0 Å². The van der Waals surface area contributed by atoms with Crippen LogP contribution in [0.25, 0.3) is 0 Å². The summed E-state index contributed by atoms with van der Waals surface area (Å²) < 4.78 is 0. The van der Waals surface area contributed by atoms with Crippen LogP contribution in [0.4, 0.5) is 0 Å². The van der Waals surface area contributed by atoms with E-state index in [-0.39, 0.29) is 5.91 Å². The zero-order valence-corrected chi connectivity index (χ0v) is 11.5. The summed E-state index contributed by atoms with van der Waals surface area (Å²) in [6.07, 6.45) is 8.49. The Balaban J connectivity index is 1.89. The maximum Gasteiger partial charge on any atom is 0.237 e. The molecule has 2 fully saturated rings. The molecule has 0 spiro atoms. The Bertz CT molecular complexity index is 279. The molecule has 0 aromatic rings. The molecule has 2 rings (SSSR count). The Morgan fingerprint density at radius 1 is 1.35 bits per heavy atom. The van der Waals surface area contributed by atoms with Gasteiger partial charge in [0, 0.05) is 10.5 Å². The molecule has 2 unspecified atom stereocenters. The average Bonchev–Trinajstić information content (AvgIpc) is 2.90. The first kappa shape index (κ1) is 13.2.